The number of nitrogens with one attached hydrogen (secondary N) is 2. The Labute approximate surface area is 186 Å². The minimum atomic E-state index is -3.85. The first-order valence-corrected chi connectivity index (χ1v) is 11.5. The second kappa shape index (κ2) is 9.67. The van der Waals surface area contributed by atoms with Crippen LogP contribution in [0.4, 0.5) is 5.69 Å². The van der Waals surface area contributed by atoms with E-state index in [1.165, 1.54) is 23.5 Å². The summed E-state index contributed by atoms with van der Waals surface area (Å²) in [6.07, 6.45) is 0.942. The van der Waals surface area contributed by atoms with Crippen LogP contribution in [0, 0.1) is 6.92 Å². The van der Waals surface area contributed by atoms with Gasteiger partial charge >= 0.3 is 0 Å². The Morgan fingerprint density at radius 3 is 2.58 bits per heavy atom. The van der Waals surface area contributed by atoms with Gasteiger partial charge in [0, 0.05) is 17.3 Å². The maximum atomic E-state index is 13.0. The Kier molecular flexibility index (Phi) is 7.19. The molecule has 166 valence electrons. The first kappa shape index (κ1) is 23.1. The number of amides is 2. The van der Waals surface area contributed by atoms with E-state index in [1.807, 2.05) is 0 Å². The third kappa shape index (κ3) is 5.17. The van der Waals surface area contributed by atoms with E-state index in [0.29, 0.717) is 29.3 Å². The van der Waals surface area contributed by atoms with Crippen molar-refractivity contribution in [2.75, 3.05) is 25.5 Å². The minimum absolute atomic E-state index is 0.0853. The van der Waals surface area contributed by atoms with Gasteiger partial charge in [-0.15, -0.1) is 0 Å². The van der Waals surface area contributed by atoms with Gasteiger partial charge in [0.1, 0.15) is 11.8 Å². The van der Waals surface area contributed by atoms with Gasteiger partial charge in [-0.2, -0.15) is 4.31 Å². The van der Waals surface area contributed by atoms with E-state index in [0.717, 1.165) is 5.56 Å². The summed E-state index contributed by atoms with van der Waals surface area (Å²) in [4.78, 5) is 25.0. The molecule has 0 bridgehead atoms. The molecule has 31 heavy (non-hydrogen) atoms. The topological polar surface area (TPSA) is 105 Å². The summed E-state index contributed by atoms with van der Waals surface area (Å²) in [6.45, 7) is 1.73. The van der Waals surface area contributed by atoms with Crippen LogP contribution in [-0.4, -0.2) is 50.8 Å². The molecule has 0 aliphatic carbocycles. The van der Waals surface area contributed by atoms with E-state index in [4.69, 9.17) is 16.3 Å². The van der Waals surface area contributed by atoms with Crippen molar-refractivity contribution in [1.29, 1.82) is 0 Å². The number of hydrogen-bond donors (Lipinski definition) is 2. The van der Waals surface area contributed by atoms with Crippen molar-refractivity contribution in [2.45, 2.75) is 30.7 Å². The number of hydrogen-bond acceptors (Lipinski definition) is 5. The van der Waals surface area contributed by atoms with Crippen LogP contribution in [0.2, 0.25) is 5.02 Å². The lowest BCUT2D eigenvalue weighted by Gasteiger charge is -2.23. The molecule has 2 aromatic carbocycles. The Morgan fingerprint density at radius 1 is 1.19 bits per heavy atom. The predicted molar refractivity (Wildman–Crippen MR) is 118 cm³/mol. The van der Waals surface area contributed by atoms with Crippen LogP contribution >= 0.6 is 11.6 Å². The molecule has 0 saturated carbocycles. The molecule has 1 aliphatic rings. The maximum Gasteiger partial charge on any atom is 0.243 e. The van der Waals surface area contributed by atoms with Gasteiger partial charge in [0.25, 0.3) is 0 Å². The Morgan fingerprint density at radius 2 is 1.90 bits per heavy atom. The summed E-state index contributed by atoms with van der Waals surface area (Å²) in [5.41, 5.74) is 1.27. The van der Waals surface area contributed by atoms with E-state index in [2.05, 4.69) is 10.6 Å². The van der Waals surface area contributed by atoms with Gasteiger partial charge in [-0.05, 0) is 61.7 Å². The van der Waals surface area contributed by atoms with Gasteiger partial charge in [0.15, 0.2) is 0 Å². The molecule has 0 spiro atoms. The Balaban J connectivity index is 1.64. The Bertz CT molecular complexity index is 1070. The molecule has 1 fully saturated rings. The van der Waals surface area contributed by atoms with Crippen LogP contribution in [0.25, 0.3) is 0 Å². The van der Waals surface area contributed by atoms with Crippen molar-refractivity contribution in [3.8, 4) is 5.75 Å². The summed E-state index contributed by atoms with van der Waals surface area (Å²) in [5, 5.41) is 5.75. The quantitative estimate of drug-likeness (QED) is 0.653. The maximum absolute atomic E-state index is 13.0. The number of carbonyl (C=O) groups is 2. The van der Waals surface area contributed by atoms with Crippen LogP contribution in [0.5, 0.6) is 5.75 Å². The SMILES string of the molecule is COc1ccc(S(=O)(=O)N2CCC[C@H]2C(=O)NCC(=O)Nc2cccc(Cl)c2C)cc1. The zero-order valence-corrected chi connectivity index (χ0v) is 18.8. The lowest BCUT2D eigenvalue weighted by Crippen LogP contribution is -2.47. The minimum Gasteiger partial charge on any atom is -0.497 e. The average Bonchev–Trinajstić information content (AvgIpc) is 3.26. The number of anilines is 1. The fourth-order valence-electron chi connectivity index (χ4n) is 3.40. The average molecular weight is 466 g/mol. The highest BCUT2D eigenvalue weighted by Gasteiger charge is 2.39. The molecule has 2 N–H and O–H groups in total. The summed E-state index contributed by atoms with van der Waals surface area (Å²) >= 11 is 6.05. The van der Waals surface area contributed by atoms with Gasteiger partial charge < -0.3 is 15.4 Å². The normalized spacial score (nSPS) is 16.7. The number of methoxy groups -OCH3 is 1. The molecule has 1 heterocycles. The summed E-state index contributed by atoms with van der Waals surface area (Å²) in [5.74, 6) is -0.399. The van der Waals surface area contributed by atoms with Crippen LogP contribution < -0.4 is 15.4 Å². The lowest BCUT2D eigenvalue weighted by atomic mass is 10.2. The molecule has 3 rings (SSSR count). The van der Waals surface area contributed by atoms with Gasteiger partial charge in [-0.25, -0.2) is 8.42 Å². The van der Waals surface area contributed by atoms with Crippen LogP contribution in [0.1, 0.15) is 18.4 Å². The molecule has 1 aliphatic heterocycles. The highest BCUT2D eigenvalue weighted by molar-refractivity contribution is 7.89. The van der Waals surface area contributed by atoms with E-state index in [-0.39, 0.29) is 18.0 Å². The van der Waals surface area contributed by atoms with Gasteiger partial charge in [0.05, 0.1) is 18.6 Å². The van der Waals surface area contributed by atoms with Crippen molar-refractivity contribution >= 4 is 39.1 Å². The van der Waals surface area contributed by atoms with Crippen molar-refractivity contribution in [2.24, 2.45) is 0 Å². The number of sulfonamides is 1. The molecule has 2 amide bonds. The predicted octanol–water partition coefficient (Wildman–Crippen LogP) is 2.57. The molecular weight excluding hydrogens is 442 g/mol. The number of carbonyl (C=O) groups excluding carboxylic acids is 2. The van der Waals surface area contributed by atoms with E-state index in [9.17, 15) is 18.0 Å². The van der Waals surface area contributed by atoms with Crippen molar-refractivity contribution in [3.05, 3.63) is 53.1 Å². The van der Waals surface area contributed by atoms with Crippen LogP contribution in [-0.2, 0) is 19.6 Å². The third-order valence-electron chi connectivity index (χ3n) is 5.14. The zero-order valence-electron chi connectivity index (χ0n) is 17.2. The number of halogens is 1. The fourth-order valence-corrected chi connectivity index (χ4v) is 5.23. The second-order valence-corrected chi connectivity index (χ2v) is 9.43. The summed E-state index contributed by atoms with van der Waals surface area (Å²) in [6, 6.07) is 10.3. The van der Waals surface area contributed by atoms with Crippen LogP contribution in [0.15, 0.2) is 47.4 Å². The largest absolute Gasteiger partial charge is 0.497 e. The molecule has 10 heteroatoms. The molecule has 1 saturated heterocycles. The molecule has 0 aromatic heterocycles. The molecule has 2 aromatic rings. The summed E-state index contributed by atoms with van der Waals surface area (Å²) < 4.78 is 32.3. The zero-order chi connectivity index (χ0) is 22.6. The van der Waals surface area contributed by atoms with Crippen molar-refractivity contribution < 1.29 is 22.7 Å². The third-order valence-corrected chi connectivity index (χ3v) is 7.47. The van der Waals surface area contributed by atoms with Gasteiger partial charge in [-0.3, -0.25) is 9.59 Å². The molecular formula is C21H24ClN3O5S. The highest BCUT2D eigenvalue weighted by Crippen LogP contribution is 2.27. The van der Waals surface area contributed by atoms with Gasteiger partial charge in [-0.1, -0.05) is 17.7 Å². The molecule has 0 radical (unpaired) electrons. The van der Waals surface area contributed by atoms with Crippen molar-refractivity contribution in [1.82, 2.24) is 9.62 Å². The van der Waals surface area contributed by atoms with Crippen LogP contribution in [0.3, 0.4) is 0 Å². The smallest absolute Gasteiger partial charge is 0.243 e. The fraction of sp³-hybridized carbons (Fsp3) is 0.333. The first-order valence-electron chi connectivity index (χ1n) is 9.72. The lowest BCUT2D eigenvalue weighted by molar-refractivity contribution is -0.126. The second-order valence-electron chi connectivity index (χ2n) is 7.13. The van der Waals surface area contributed by atoms with E-state index < -0.39 is 27.9 Å². The molecule has 1 atom stereocenters. The Hall–Kier alpha value is -2.62. The monoisotopic (exact) mass is 465 g/mol. The number of ether oxygens (including phenoxy) is 1. The van der Waals surface area contributed by atoms with Crippen molar-refractivity contribution in [3.63, 3.8) is 0 Å². The highest BCUT2D eigenvalue weighted by atomic mass is 35.5. The van der Waals surface area contributed by atoms with Gasteiger partial charge in [0.2, 0.25) is 21.8 Å². The molecule has 8 nitrogen and oxygen atoms in total. The summed E-state index contributed by atoms with van der Waals surface area (Å²) in [7, 11) is -2.36. The number of nitrogens with zero attached hydrogens (tertiary/aromatic N) is 1. The first-order chi connectivity index (χ1) is 14.7. The molecule has 0 unspecified atom stereocenters. The number of rotatable bonds is 7. The van der Waals surface area contributed by atoms with E-state index >= 15 is 0 Å². The van der Waals surface area contributed by atoms with E-state index in [1.54, 1.807) is 37.3 Å². The number of benzene rings is 2. The standard InChI is InChI=1S/C21H24ClN3O5S/c1-14-17(22)5-3-6-18(14)24-20(26)13-23-21(27)19-7-4-12-25(19)31(28,29)16-10-8-15(30-2)9-11-16/h3,5-6,8-11,19H,4,7,12-13H2,1-2H3,(H,23,27)(H,24,26)/t19-/m0/s1.